The van der Waals surface area contributed by atoms with Gasteiger partial charge in [-0.15, -0.1) is 0 Å². The van der Waals surface area contributed by atoms with Gasteiger partial charge in [0.1, 0.15) is 30.5 Å². The maximum Gasteiger partial charge on any atom is 0.332 e. The van der Waals surface area contributed by atoms with Crippen LogP contribution in [0.2, 0.25) is 0 Å². The molecule has 0 aliphatic heterocycles. The van der Waals surface area contributed by atoms with Crippen LogP contribution in [-0.2, 0) is 66.1 Å². The van der Waals surface area contributed by atoms with Crippen LogP contribution >= 0.6 is 0 Å². The summed E-state index contributed by atoms with van der Waals surface area (Å²) in [6.07, 6.45) is -6.16. The van der Waals surface area contributed by atoms with Gasteiger partial charge in [-0.05, 0) is 34.6 Å². The predicted octanol–water partition coefficient (Wildman–Crippen LogP) is -2.75. The molecule has 0 bridgehead atoms. The molecule has 5 unspecified atom stereocenters. The van der Waals surface area contributed by atoms with Gasteiger partial charge in [0.2, 0.25) is 0 Å². The minimum atomic E-state index is -1.23. The van der Waals surface area contributed by atoms with Crippen LogP contribution in [-0.4, -0.2) is 111 Å². The Bertz CT molecular complexity index is 403. The minimum Gasteiger partial charge on any atom is -0.479 e. The fourth-order valence-corrected chi connectivity index (χ4v) is 0. The summed E-state index contributed by atoms with van der Waals surface area (Å²) in [6.45, 7) is 5.98. The summed E-state index contributed by atoms with van der Waals surface area (Å²) >= 11 is 0. The second-order valence-electron chi connectivity index (χ2n) is 5.07. The first-order valence-electron chi connectivity index (χ1n) is 7.76. The van der Waals surface area contributed by atoms with E-state index in [9.17, 15) is 24.0 Å². The topological polar surface area (TPSA) is 288 Å². The smallest absolute Gasteiger partial charge is 0.332 e. The van der Waals surface area contributed by atoms with Crippen molar-refractivity contribution in [3.63, 3.8) is 0 Å². The Hall–Kier alpha value is -1.47. The normalized spacial score (nSPS) is 12.8. The molecule has 0 aromatic rings. The molecule has 0 rings (SSSR count). The van der Waals surface area contributed by atoms with E-state index in [0.717, 1.165) is 0 Å². The van der Waals surface area contributed by atoms with Crippen LogP contribution in [0.5, 0.6) is 0 Å². The molecule has 0 aliphatic rings. The number of carboxylic acids is 5. The molecule has 0 saturated carbocycles. The molecule has 0 spiro atoms. The van der Waals surface area contributed by atoms with E-state index < -0.39 is 60.4 Å². The van der Waals surface area contributed by atoms with Crippen LogP contribution in [0.4, 0.5) is 0 Å². The molecule has 199 valence electrons. The average Bonchev–Trinajstić information content (AvgIpc) is 2.56. The standard InChI is InChI=1S/5C3H6O3.Ag.Os/c5*1-2(4)3(5)6;;/h5*2,4H,1H3,(H,5,6);;. The Labute approximate surface area is 211 Å². The van der Waals surface area contributed by atoms with Crippen molar-refractivity contribution in [3.05, 3.63) is 0 Å². The van der Waals surface area contributed by atoms with Crippen LogP contribution in [0.25, 0.3) is 0 Å². The van der Waals surface area contributed by atoms with E-state index >= 15 is 0 Å². The molecular weight excluding hydrogens is 718 g/mol. The van der Waals surface area contributed by atoms with Crippen molar-refractivity contribution in [3.8, 4) is 0 Å². The monoisotopic (exact) mass is 749 g/mol. The van der Waals surface area contributed by atoms with Crippen molar-refractivity contribution >= 4 is 29.8 Å². The number of aliphatic hydroxyl groups is 5. The van der Waals surface area contributed by atoms with Crippen LogP contribution in [0.15, 0.2) is 0 Å². The van der Waals surface area contributed by atoms with Gasteiger partial charge in [-0.2, -0.15) is 0 Å². The molecule has 0 saturated heterocycles. The predicted molar refractivity (Wildman–Crippen MR) is 96.6 cm³/mol. The second-order valence-corrected chi connectivity index (χ2v) is 5.07. The summed E-state index contributed by atoms with van der Waals surface area (Å²) in [5.41, 5.74) is 0. The van der Waals surface area contributed by atoms with Crippen LogP contribution in [0, 0.1) is 0 Å². The first-order valence-corrected chi connectivity index (χ1v) is 7.76. The zero-order chi connectivity index (χ0) is 25.8. The van der Waals surface area contributed by atoms with Crippen molar-refractivity contribution < 1.29 is 117 Å². The molecule has 0 aromatic heterocycles. The Balaban J connectivity index is -0.0000000481. The molecule has 0 amide bonds. The van der Waals surface area contributed by atoms with Crippen LogP contribution < -0.4 is 0 Å². The first kappa shape index (κ1) is 48.1. The van der Waals surface area contributed by atoms with Gasteiger partial charge in [0.15, 0.2) is 0 Å². The maximum absolute atomic E-state index is 9.45. The van der Waals surface area contributed by atoms with Crippen molar-refractivity contribution in [2.75, 3.05) is 0 Å². The van der Waals surface area contributed by atoms with E-state index in [4.69, 9.17) is 51.1 Å². The zero-order valence-corrected chi connectivity index (χ0v) is 21.6. The third-order valence-corrected chi connectivity index (χ3v) is 1.79. The molecule has 5 atom stereocenters. The third-order valence-electron chi connectivity index (χ3n) is 1.79. The number of carbonyl (C=O) groups is 5. The molecule has 17 heteroatoms. The molecule has 0 fully saturated rings. The number of aliphatic hydroxyl groups excluding tert-OH is 5. The molecule has 0 heterocycles. The SMILES string of the molecule is CC(O)C(=O)O.CC(O)C(=O)O.CC(O)C(=O)O.CC(O)C(=O)O.CC(O)C(=O)O.[Ag].[Os]. The molecule has 1 radical (unpaired) electrons. The van der Waals surface area contributed by atoms with E-state index in [0.29, 0.717) is 0 Å². The third kappa shape index (κ3) is 63.0. The van der Waals surface area contributed by atoms with Crippen molar-refractivity contribution in [1.29, 1.82) is 0 Å². The second kappa shape index (κ2) is 29.5. The van der Waals surface area contributed by atoms with Gasteiger partial charge in [0.05, 0.1) is 0 Å². The maximum atomic E-state index is 9.45. The van der Waals surface area contributed by atoms with Gasteiger partial charge in [-0.3, -0.25) is 0 Å². The zero-order valence-electron chi connectivity index (χ0n) is 17.6. The van der Waals surface area contributed by atoms with E-state index in [1.807, 2.05) is 0 Å². The number of aliphatic carboxylic acids is 5. The molecule has 0 aliphatic carbocycles. The summed E-state index contributed by atoms with van der Waals surface area (Å²) in [6, 6.07) is 0. The average molecular weight is 748 g/mol. The number of rotatable bonds is 5. The van der Waals surface area contributed by atoms with Crippen molar-refractivity contribution in [2.24, 2.45) is 0 Å². The molecule has 10 N–H and O–H groups in total. The minimum absolute atomic E-state index is 0. The summed E-state index contributed by atoms with van der Waals surface area (Å²) in [4.78, 5) is 47.2. The van der Waals surface area contributed by atoms with Gasteiger partial charge in [0.25, 0.3) is 0 Å². The van der Waals surface area contributed by atoms with E-state index in [1.165, 1.54) is 34.6 Å². The Morgan fingerprint density at radius 1 is 0.406 bits per heavy atom. The summed E-state index contributed by atoms with van der Waals surface area (Å²) < 4.78 is 0. The fraction of sp³-hybridized carbons (Fsp3) is 0.667. The van der Waals surface area contributed by atoms with E-state index in [-0.39, 0.29) is 42.2 Å². The van der Waals surface area contributed by atoms with Gasteiger partial charge in [-0.1, -0.05) is 0 Å². The Kier molecular flexibility index (Phi) is 44.4. The molecule has 0 aromatic carbocycles. The number of hydrogen-bond acceptors (Lipinski definition) is 10. The number of carboxylic acid groups (broad SMARTS) is 5. The summed E-state index contributed by atoms with van der Waals surface area (Å²) in [5, 5.41) is 78.9. The summed E-state index contributed by atoms with van der Waals surface area (Å²) in [7, 11) is 0. The number of hydrogen-bond donors (Lipinski definition) is 10. The van der Waals surface area contributed by atoms with Crippen LogP contribution in [0.1, 0.15) is 34.6 Å². The van der Waals surface area contributed by atoms with E-state index in [2.05, 4.69) is 0 Å². The van der Waals surface area contributed by atoms with Gasteiger partial charge in [-0.25, -0.2) is 24.0 Å². The Morgan fingerprint density at radius 2 is 0.438 bits per heavy atom. The van der Waals surface area contributed by atoms with Crippen molar-refractivity contribution in [1.82, 2.24) is 0 Å². The first-order chi connectivity index (χ1) is 13.2. The summed E-state index contributed by atoms with van der Waals surface area (Å²) in [5.74, 6) is -5.93. The largest absolute Gasteiger partial charge is 0.479 e. The van der Waals surface area contributed by atoms with Gasteiger partial charge >= 0.3 is 29.8 Å². The molecular formula is C15H30AgO15Os. The van der Waals surface area contributed by atoms with Crippen LogP contribution in [0.3, 0.4) is 0 Å². The van der Waals surface area contributed by atoms with Gasteiger partial charge < -0.3 is 51.1 Å². The molecule has 32 heavy (non-hydrogen) atoms. The quantitative estimate of drug-likeness (QED) is 0.128. The van der Waals surface area contributed by atoms with E-state index in [1.54, 1.807) is 0 Å². The van der Waals surface area contributed by atoms with Gasteiger partial charge in [0, 0.05) is 42.2 Å². The fourth-order valence-electron chi connectivity index (χ4n) is 0. The van der Waals surface area contributed by atoms with Crippen molar-refractivity contribution in [2.45, 2.75) is 65.1 Å². The Morgan fingerprint density at radius 3 is 0.438 bits per heavy atom. The molecule has 15 nitrogen and oxygen atoms in total.